The molecule has 0 aliphatic rings. The van der Waals surface area contributed by atoms with Crippen molar-refractivity contribution in [3.05, 3.63) is 29.8 Å². The van der Waals surface area contributed by atoms with Crippen molar-refractivity contribution >= 4 is 6.29 Å². The molecule has 0 radical (unpaired) electrons. The van der Waals surface area contributed by atoms with Crippen LogP contribution >= 0.6 is 0 Å². The number of rotatable bonds is 7. The highest BCUT2D eigenvalue weighted by molar-refractivity contribution is 5.79. The van der Waals surface area contributed by atoms with Gasteiger partial charge in [-0.25, -0.2) is 0 Å². The Kier molecular flexibility index (Phi) is 5.48. The van der Waals surface area contributed by atoms with Crippen molar-refractivity contribution in [2.24, 2.45) is 0 Å². The minimum atomic E-state index is 0.199. The number of hydrogen-bond donors (Lipinski definition) is 0. The van der Waals surface area contributed by atoms with Crippen LogP contribution in [-0.2, 0) is 4.74 Å². The average molecular weight is 208 g/mol. The van der Waals surface area contributed by atoms with Crippen LogP contribution < -0.4 is 4.74 Å². The van der Waals surface area contributed by atoms with Crippen LogP contribution in [0.1, 0.15) is 30.1 Å². The molecule has 0 fully saturated rings. The summed E-state index contributed by atoms with van der Waals surface area (Å²) < 4.78 is 10.6. The molecular weight excluding hydrogens is 192 g/mol. The van der Waals surface area contributed by atoms with E-state index in [0.717, 1.165) is 19.1 Å². The molecule has 0 aliphatic carbocycles. The Morgan fingerprint density at radius 1 is 1.33 bits per heavy atom. The van der Waals surface area contributed by atoms with Crippen LogP contribution in [0.5, 0.6) is 5.75 Å². The molecule has 0 bridgehead atoms. The molecule has 0 saturated carbocycles. The Morgan fingerprint density at radius 2 is 2.13 bits per heavy atom. The van der Waals surface area contributed by atoms with Crippen LogP contribution in [0, 0.1) is 0 Å². The number of hydrogen-bond acceptors (Lipinski definition) is 3. The van der Waals surface area contributed by atoms with Gasteiger partial charge in [-0.2, -0.15) is 0 Å². The lowest BCUT2D eigenvalue weighted by molar-refractivity contribution is 0.0138. The van der Waals surface area contributed by atoms with Gasteiger partial charge in [-0.05, 0) is 18.6 Å². The monoisotopic (exact) mass is 208 g/mol. The summed E-state index contributed by atoms with van der Waals surface area (Å²) in [6.07, 6.45) is 2.91. The zero-order valence-corrected chi connectivity index (χ0v) is 8.94. The third-order valence-corrected chi connectivity index (χ3v) is 1.99. The summed E-state index contributed by atoms with van der Waals surface area (Å²) in [5.41, 5.74) is 0.552. The van der Waals surface area contributed by atoms with Crippen molar-refractivity contribution in [1.29, 1.82) is 0 Å². The number of para-hydroxylation sites is 1. The largest absolute Gasteiger partial charge is 0.467 e. The molecule has 1 rings (SSSR count). The van der Waals surface area contributed by atoms with E-state index in [2.05, 4.69) is 6.92 Å². The van der Waals surface area contributed by atoms with Crippen molar-refractivity contribution in [2.75, 3.05) is 13.4 Å². The van der Waals surface area contributed by atoms with E-state index < -0.39 is 0 Å². The number of unbranched alkanes of at least 4 members (excludes halogenated alkanes) is 1. The molecule has 0 unspecified atom stereocenters. The Hall–Kier alpha value is -1.35. The van der Waals surface area contributed by atoms with Gasteiger partial charge in [0.25, 0.3) is 0 Å². The van der Waals surface area contributed by atoms with Crippen molar-refractivity contribution in [3.63, 3.8) is 0 Å². The molecule has 3 heteroatoms. The maximum atomic E-state index is 10.6. The minimum absolute atomic E-state index is 0.199. The van der Waals surface area contributed by atoms with E-state index in [9.17, 15) is 4.79 Å². The van der Waals surface area contributed by atoms with Crippen LogP contribution in [0.15, 0.2) is 24.3 Å². The Balaban J connectivity index is 2.33. The highest BCUT2D eigenvalue weighted by atomic mass is 16.7. The second kappa shape index (κ2) is 7.01. The van der Waals surface area contributed by atoms with Crippen molar-refractivity contribution in [2.45, 2.75) is 19.8 Å². The smallest absolute Gasteiger partial charge is 0.189 e. The summed E-state index contributed by atoms with van der Waals surface area (Å²) >= 11 is 0. The third-order valence-electron chi connectivity index (χ3n) is 1.99. The first-order chi connectivity index (χ1) is 7.38. The normalized spacial score (nSPS) is 9.93. The molecule has 1 aromatic carbocycles. The number of aldehydes is 1. The number of benzene rings is 1. The van der Waals surface area contributed by atoms with E-state index in [-0.39, 0.29) is 6.79 Å². The fraction of sp³-hybridized carbons (Fsp3) is 0.417. The Bertz CT molecular complexity index is 297. The van der Waals surface area contributed by atoms with E-state index in [0.29, 0.717) is 17.9 Å². The van der Waals surface area contributed by atoms with Gasteiger partial charge in [-0.1, -0.05) is 25.5 Å². The van der Waals surface area contributed by atoms with Crippen LogP contribution in [0.3, 0.4) is 0 Å². The fourth-order valence-corrected chi connectivity index (χ4v) is 1.12. The minimum Gasteiger partial charge on any atom is -0.467 e. The summed E-state index contributed by atoms with van der Waals surface area (Å²) in [5, 5.41) is 0. The van der Waals surface area contributed by atoms with Crippen LogP contribution in [0.2, 0.25) is 0 Å². The van der Waals surface area contributed by atoms with Gasteiger partial charge in [0.2, 0.25) is 0 Å². The predicted molar refractivity (Wildman–Crippen MR) is 58.2 cm³/mol. The van der Waals surface area contributed by atoms with Gasteiger partial charge in [-0.15, -0.1) is 0 Å². The van der Waals surface area contributed by atoms with Gasteiger partial charge in [0.15, 0.2) is 13.1 Å². The lowest BCUT2D eigenvalue weighted by atomic mass is 10.2. The highest BCUT2D eigenvalue weighted by Gasteiger charge is 2.00. The molecule has 15 heavy (non-hydrogen) atoms. The van der Waals surface area contributed by atoms with E-state index in [1.165, 1.54) is 0 Å². The van der Waals surface area contributed by atoms with E-state index in [4.69, 9.17) is 9.47 Å². The molecule has 3 nitrogen and oxygen atoms in total. The third kappa shape index (κ3) is 4.13. The molecule has 0 amide bonds. The van der Waals surface area contributed by atoms with Gasteiger partial charge in [0.1, 0.15) is 5.75 Å². The molecule has 82 valence electrons. The van der Waals surface area contributed by atoms with Gasteiger partial charge in [0, 0.05) is 0 Å². The lowest BCUT2D eigenvalue weighted by Crippen LogP contribution is -2.05. The quantitative estimate of drug-likeness (QED) is 0.392. The lowest BCUT2D eigenvalue weighted by Gasteiger charge is -2.08. The topological polar surface area (TPSA) is 35.5 Å². The first kappa shape index (κ1) is 11.7. The average Bonchev–Trinajstić information content (AvgIpc) is 2.29. The molecule has 0 aliphatic heterocycles. The summed E-state index contributed by atoms with van der Waals surface area (Å²) in [6, 6.07) is 7.10. The van der Waals surface area contributed by atoms with Gasteiger partial charge in [0.05, 0.1) is 12.2 Å². The summed E-state index contributed by atoms with van der Waals surface area (Å²) in [5.74, 6) is 0.573. The zero-order valence-electron chi connectivity index (χ0n) is 8.94. The van der Waals surface area contributed by atoms with Crippen molar-refractivity contribution in [3.8, 4) is 5.75 Å². The fourth-order valence-electron chi connectivity index (χ4n) is 1.12. The molecular formula is C12H16O3. The second-order valence-electron chi connectivity index (χ2n) is 3.18. The summed E-state index contributed by atoms with van der Waals surface area (Å²) in [6.45, 7) is 3.00. The number of ether oxygens (including phenoxy) is 2. The molecule has 0 saturated heterocycles. The van der Waals surface area contributed by atoms with E-state index in [1.54, 1.807) is 18.2 Å². The molecule has 0 atom stereocenters. The molecule has 0 aromatic heterocycles. The van der Waals surface area contributed by atoms with Crippen LogP contribution in [0.4, 0.5) is 0 Å². The van der Waals surface area contributed by atoms with Crippen LogP contribution in [-0.4, -0.2) is 19.7 Å². The second-order valence-corrected chi connectivity index (χ2v) is 3.18. The van der Waals surface area contributed by atoms with Gasteiger partial charge in [-0.3, -0.25) is 4.79 Å². The Morgan fingerprint density at radius 3 is 2.87 bits per heavy atom. The molecule has 0 spiro atoms. The number of carbonyl (C=O) groups excluding carboxylic acids is 1. The predicted octanol–water partition coefficient (Wildman–Crippen LogP) is 2.65. The van der Waals surface area contributed by atoms with Crippen LogP contribution in [0.25, 0.3) is 0 Å². The molecule has 0 heterocycles. The van der Waals surface area contributed by atoms with E-state index >= 15 is 0 Å². The highest BCUT2D eigenvalue weighted by Crippen LogP contribution is 2.15. The van der Waals surface area contributed by atoms with Gasteiger partial charge >= 0.3 is 0 Å². The van der Waals surface area contributed by atoms with Crippen molar-refractivity contribution < 1.29 is 14.3 Å². The van der Waals surface area contributed by atoms with E-state index in [1.807, 2.05) is 6.07 Å². The van der Waals surface area contributed by atoms with Crippen molar-refractivity contribution in [1.82, 2.24) is 0 Å². The molecule has 1 aromatic rings. The summed E-state index contributed by atoms with van der Waals surface area (Å²) in [4.78, 5) is 10.6. The molecule has 0 N–H and O–H groups in total. The zero-order chi connectivity index (χ0) is 10.9. The number of carbonyl (C=O) groups is 1. The SMILES string of the molecule is CCCCOCOc1ccccc1C=O. The first-order valence-electron chi connectivity index (χ1n) is 5.13. The first-order valence-corrected chi connectivity index (χ1v) is 5.13. The Labute approximate surface area is 90.0 Å². The summed E-state index contributed by atoms with van der Waals surface area (Å²) in [7, 11) is 0. The maximum absolute atomic E-state index is 10.6. The standard InChI is InChI=1S/C12H16O3/c1-2-3-8-14-10-15-12-7-5-4-6-11(12)9-13/h4-7,9H,2-3,8,10H2,1H3. The van der Waals surface area contributed by atoms with Gasteiger partial charge < -0.3 is 9.47 Å². The maximum Gasteiger partial charge on any atom is 0.189 e.